The van der Waals surface area contributed by atoms with Gasteiger partial charge in [-0.3, -0.25) is 0 Å². The highest BCUT2D eigenvalue weighted by atomic mass is 14.3. The zero-order valence-corrected chi connectivity index (χ0v) is 11.7. The van der Waals surface area contributed by atoms with Crippen molar-refractivity contribution in [3.05, 3.63) is 71.3 Å². The molecule has 1 aliphatic rings. The second-order valence-corrected chi connectivity index (χ2v) is 5.90. The molecule has 0 radical (unpaired) electrons. The highest BCUT2D eigenvalue weighted by Crippen LogP contribution is 2.38. The molecule has 1 unspecified atom stereocenters. The highest BCUT2D eigenvalue weighted by Gasteiger charge is 2.23. The Bertz CT molecular complexity index is 523. The minimum Gasteiger partial charge on any atom is -0.0622 e. The molecule has 1 atom stereocenters. The lowest BCUT2D eigenvalue weighted by atomic mass is 9.86. The van der Waals surface area contributed by atoms with Gasteiger partial charge in [-0.1, -0.05) is 73.0 Å². The van der Waals surface area contributed by atoms with E-state index < -0.39 is 0 Å². The number of aryl methyl sites for hydroxylation is 1. The van der Waals surface area contributed by atoms with Gasteiger partial charge in [0, 0.05) is 5.92 Å². The van der Waals surface area contributed by atoms with Crippen LogP contribution in [0.15, 0.2) is 54.6 Å². The molecule has 0 N–H and O–H groups in total. The summed E-state index contributed by atoms with van der Waals surface area (Å²) >= 11 is 0. The molecule has 0 bridgehead atoms. The van der Waals surface area contributed by atoms with Gasteiger partial charge in [0.2, 0.25) is 0 Å². The fraction of sp³-hybridized carbons (Fsp3) is 0.368. The maximum atomic E-state index is 2.35. The minimum absolute atomic E-state index is 0.571. The van der Waals surface area contributed by atoms with Crippen LogP contribution in [0.5, 0.6) is 0 Å². The molecule has 19 heavy (non-hydrogen) atoms. The quantitative estimate of drug-likeness (QED) is 0.674. The van der Waals surface area contributed by atoms with Crippen LogP contribution in [-0.2, 0) is 0 Å². The summed E-state index contributed by atoms with van der Waals surface area (Å²) in [5, 5.41) is 0. The molecular weight excluding hydrogens is 228 g/mol. The molecule has 98 valence electrons. The van der Waals surface area contributed by atoms with E-state index in [9.17, 15) is 0 Å². The van der Waals surface area contributed by atoms with Gasteiger partial charge >= 0.3 is 0 Å². The van der Waals surface area contributed by atoms with Gasteiger partial charge < -0.3 is 0 Å². The normalized spacial score (nSPS) is 16.3. The maximum absolute atomic E-state index is 2.35. The van der Waals surface area contributed by atoms with E-state index in [0.29, 0.717) is 5.92 Å². The second kappa shape index (κ2) is 5.61. The summed E-state index contributed by atoms with van der Waals surface area (Å²) in [6.07, 6.45) is 5.58. The van der Waals surface area contributed by atoms with Gasteiger partial charge in [-0.05, 0) is 36.8 Å². The van der Waals surface area contributed by atoms with Crippen LogP contribution in [0.4, 0.5) is 0 Å². The van der Waals surface area contributed by atoms with E-state index >= 15 is 0 Å². The summed E-state index contributed by atoms with van der Waals surface area (Å²) in [6.45, 7) is 2.19. The van der Waals surface area contributed by atoms with Gasteiger partial charge in [0.05, 0.1) is 0 Å². The van der Waals surface area contributed by atoms with Gasteiger partial charge in [-0.25, -0.2) is 0 Å². The van der Waals surface area contributed by atoms with Crippen molar-refractivity contribution in [2.75, 3.05) is 0 Å². The Hall–Kier alpha value is -1.56. The van der Waals surface area contributed by atoms with E-state index in [4.69, 9.17) is 0 Å². The van der Waals surface area contributed by atoms with Crippen molar-refractivity contribution in [2.24, 2.45) is 5.92 Å². The van der Waals surface area contributed by atoms with E-state index in [1.54, 1.807) is 0 Å². The van der Waals surface area contributed by atoms with Crippen molar-refractivity contribution >= 4 is 0 Å². The summed E-state index contributed by atoms with van der Waals surface area (Å²) in [5.41, 5.74) is 4.31. The van der Waals surface area contributed by atoms with E-state index in [0.717, 1.165) is 5.92 Å². The number of benzene rings is 2. The first-order chi connectivity index (χ1) is 9.33. The molecule has 1 saturated carbocycles. The summed E-state index contributed by atoms with van der Waals surface area (Å²) in [6, 6.07) is 20.0. The standard InChI is InChI=1S/C19H22/c1-15-6-5-9-18(14-15)19(13-12-16-10-11-16)17-7-3-2-4-8-17/h2-9,14,16,19H,10-13H2,1H3. The third kappa shape index (κ3) is 3.26. The summed E-state index contributed by atoms with van der Waals surface area (Å²) in [5.74, 6) is 1.58. The summed E-state index contributed by atoms with van der Waals surface area (Å²) in [4.78, 5) is 0. The van der Waals surface area contributed by atoms with Gasteiger partial charge in [0.1, 0.15) is 0 Å². The number of hydrogen-bond acceptors (Lipinski definition) is 0. The van der Waals surface area contributed by atoms with Crippen LogP contribution in [0, 0.1) is 12.8 Å². The molecule has 3 rings (SSSR count). The van der Waals surface area contributed by atoms with Crippen LogP contribution < -0.4 is 0 Å². The van der Waals surface area contributed by atoms with E-state index in [1.165, 1.54) is 42.4 Å². The van der Waals surface area contributed by atoms with E-state index in [-0.39, 0.29) is 0 Å². The van der Waals surface area contributed by atoms with Gasteiger partial charge in [-0.15, -0.1) is 0 Å². The van der Waals surface area contributed by atoms with Crippen LogP contribution in [-0.4, -0.2) is 0 Å². The third-order valence-electron chi connectivity index (χ3n) is 4.21. The molecule has 0 aliphatic heterocycles. The van der Waals surface area contributed by atoms with Gasteiger partial charge in [0.15, 0.2) is 0 Å². The third-order valence-corrected chi connectivity index (χ3v) is 4.21. The van der Waals surface area contributed by atoms with Crippen molar-refractivity contribution < 1.29 is 0 Å². The minimum atomic E-state index is 0.571. The lowest BCUT2D eigenvalue weighted by molar-refractivity contribution is 0.613. The Morgan fingerprint density at radius 2 is 1.68 bits per heavy atom. The summed E-state index contributed by atoms with van der Waals surface area (Å²) in [7, 11) is 0. The predicted octanol–water partition coefficient (Wildman–Crippen LogP) is 5.32. The van der Waals surface area contributed by atoms with Crippen molar-refractivity contribution in [3.63, 3.8) is 0 Å². The molecule has 0 heterocycles. The Kier molecular flexibility index (Phi) is 3.68. The molecule has 2 aromatic rings. The van der Waals surface area contributed by atoms with E-state index in [1.807, 2.05) is 0 Å². The topological polar surface area (TPSA) is 0 Å². The fourth-order valence-electron chi connectivity index (χ4n) is 2.91. The molecule has 0 aromatic heterocycles. The van der Waals surface area contributed by atoms with Gasteiger partial charge in [0.25, 0.3) is 0 Å². The van der Waals surface area contributed by atoms with Crippen LogP contribution in [0.1, 0.15) is 48.3 Å². The lowest BCUT2D eigenvalue weighted by Gasteiger charge is -2.18. The molecule has 0 saturated heterocycles. The number of rotatable bonds is 5. The van der Waals surface area contributed by atoms with Crippen molar-refractivity contribution in [1.29, 1.82) is 0 Å². The molecule has 0 spiro atoms. The summed E-state index contributed by atoms with van der Waals surface area (Å²) < 4.78 is 0. The Morgan fingerprint density at radius 3 is 2.37 bits per heavy atom. The molecule has 1 aliphatic carbocycles. The first-order valence-corrected chi connectivity index (χ1v) is 7.44. The average Bonchev–Trinajstić information content (AvgIpc) is 3.25. The number of hydrogen-bond donors (Lipinski definition) is 0. The van der Waals surface area contributed by atoms with Crippen molar-refractivity contribution in [3.8, 4) is 0 Å². The maximum Gasteiger partial charge on any atom is 0.00895 e. The van der Waals surface area contributed by atoms with E-state index in [2.05, 4.69) is 61.5 Å². The highest BCUT2D eigenvalue weighted by molar-refractivity contribution is 5.34. The second-order valence-electron chi connectivity index (χ2n) is 5.90. The molecular formula is C19H22. The Balaban J connectivity index is 1.86. The van der Waals surface area contributed by atoms with Gasteiger partial charge in [-0.2, -0.15) is 0 Å². The van der Waals surface area contributed by atoms with Crippen LogP contribution in [0.3, 0.4) is 0 Å². The average molecular weight is 250 g/mol. The monoisotopic (exact) mass is 250 g/mol. The SMILES string of the molecule is Cc1cccc(C(CCC2CC2)c2ccccc2)c1. The molecule has 0 nitrogen and oxygen atoms in total. The smallest absolute Gasteiger partial charge is 0.00895 e. The first-order valence-electron chi connectivity index (χ1n) is 7.44. The van der Waals surface area contributed by atoms with Crippen LogP contribution in [0.25, 0.3) is 0 Å². The van der Waals surface area contributed by atoms with Crippen LogP contribution >= 0.6 is 0 Å². The predicted molar refractivity (Wildman–Crippen MR) is 81.4 cm³/mol. The molecule has 2 aromatic carbocycles. The fourth-order valence-corrected chi connectivity index (χ4v) is 2.91. The largest absolute Gasteiger partial charge is 0.0622 e. The molecule has 0 amide bonds. The van der Waals surface area contributed by atoms with Crippen molar-refractivity contribution in [1.82, 2.24) is 0 Å². The first kappa shape index (κ1) is 12.5. The molecule has 1 fully saturated rings. The Labute approximate surface area is 116 Å². The lowest BCUT2D eigenvalue weighted by Crippen LogP contribution is -2.02. The zero-order chi connectivity index (χ0) is 13.1. The molecule has 0 heteroatoms. The zero-order valence-electron chi connectivity index (χ0n) is 11.7. The Morgan fingerprint density at radius 1 is 0.947 bits per heavy atom. The van der Waals surface area contributed by atoms with Crippen molar-refractivity contribution in [2.45, 2.75) is 38.5 Å². The van der Waals surface area contributed by atoms with Crippen LogP contribution in [0.2, 0.25) is 0 Å².